The van der Waals surface area contributed by atoms with Crippen LogP contribution in [0.5, 0.6) is 0 Å². The van der Waals surface area contributed by atoms with Crippen LogP contribution in [0.25, 0.3) is 0 Å². The van der Waals surface area contributed by atoms with Gasteiger partial charge in [-0.15, -0.1) is 0 Å². The Bertz CT molecular complexity index is 461. The molecule has 0 atom stereocenters. The Morgan fingerprint density at radius 1 is 1.25 bits per heavy atom. The Hall–Kier alpha value is -1.49. The molecule has 0 spiro atoms. The van der Waals surface area contributed by atoms with E-state index in [1.807, 2.05) is 0 Å². The quantitative estimate of drug-likeness (QED) is 0.809. The zero-order valence-electron chi connectivity index (χ0n) is 12.0. The van der Waals surface area contributed by atoms with E-state index in [1.165, 1.54) is 6.07 Å². The Morgan fingerprint density at radius 3 is 2.55 bits per heavy atom. The molecule has 0 saturated carbocycles. The molecule has 1 amide bonds. The Labute approximate surface area is 118 Å². The monoisotopic (exact) mass is 284 g/mol. The molecule has 1 rings (SSSR count). The number of amides is 1. The minimum Gasteiger partial charge on any atom is -0.352 e. The second-order valence-corrected chi connectivity index (χ2v) is 5.73. The molecule has 0 aliphatic carbocycles. The van der Waals surface area contributed by atoms with E-state index >= 15 is 0 Å². The van der Waals surface area contributed by atoms with Gasteiger partial charge in [0, 0.05) is 13.0 Å². The second kappa shape index (κ2) is 7.33. The molecule has 3 N–H and O–H groups in total. The molecule has 3 nitrogen and oxygen atoms in total. The largest absolute Gasteiger partial charge is 0.352 e. The van der Waals surface area contributed by atoms with Crippen LogP contribution < -0.4 is 11.1 Å². The van der Waals surface area contributed by atoms with Gasteiger partial charge in [0.25, 0.3) is 0 Å². The molecule has 0 aliphatic heterocycles. The maximum Gasteiger partial charge on any atom is 0.220 e. The SMILES string of the molecule is CC(C)(CCN)CCC(=O)NCc1ccc(F)c(F)c1. The van der Waals surface area contributed by atoms with Gasteiger partial charge in [-0.05, 0) is 42.5 Å². The third kappa shape index (κ3) is 5.65. The number of nitrogens with two attached hydrogens (primary N) is 1. The summed E-state index contributed by atoms with van der Waals surface area (Å²) in [5.41, 5.74) is 6.09. The lowest BCUT2D eigenvalue weighted by molar-refractivity contribution is -0.121. The molecule has 0 aromatic heterocycles. The first kappa shape index (κ1) is 16.6. The number of benzene rings is 1. The van der Waals surface area contributed by atoms with E-state index in [0.717, 1.165) is 25.0 Å². The van der Waals surface area contributed by atoms with Crippen molar-refractivity contribution in [2.75, 3.05) is 6.54 Å². The minimum atomic E-state index is -0.902. The molecule has 0 bridgehead atoms. The van der Waals surface area contributed by atoms with Crippen molar-refractivity contribution in [3.8, 4) is 0 Å². The van der Waals surface area contributed by atoms with Crippen LogP contribution in [-0.2, 0) is 11.3 Å². The van der Waals surface area contributed by atoms with E-state index in [-0.39, 0.29) is 17.9 Å². The van der Waals surface area contributed by atoms with Crippen LogP contribution in [0.3, 0.4) is 0 Å². The lowest BCUT2D eigenvalue weighted by Crippen LogP contribution is -2.25. The van der Waals surface area contributed by atoms with Gasteiger partial charge in [0.2, 0.25) is 5.91 Å². The zero-order valence-corrected chi connectivity index (χ0v) is 12.0. The smallest absolute Gasteiger partial charge is 0.220 e. The van der Waals surface area contributed by atoms with Gasteiger partial charge >= 0.3 is 0 Å². The summed E-state index contributed by atoms with van der Waals surface area (Å²) in [7, 11) is 0. The number of hydrogen-bond acceptors (Lipinski definition) is 2. The summed E-state index contributed by atoms with van der Waals surface area (Å²) in [6.07, 6.45) is 2.01. The minimum absolute atomic E-state index is 0.0358. The Morgan fingerprint density at radius 2 is 1.95 bits per heavy atom. The van der Waals surface area contributed by atoms with Gasteiger partial charge in [-0.1, -0.05) is 19.9 Å². The predicted molar refractivity (Wildman–Crippen MR) is 74.9 cm³/mol. The maximum atomic E-state index is 13.0. The predicted octanol–water partition coefficient (Wildman–Crippen LogP) is 2.74. The van der Waals surface area contributed by atoms with E-state index in [4.69, 9.17) is 5.73 Å². The van der Waals surface area contributed by atoms with Gasteiger partial charge in [0.1, 0.15) is 0 Å². The number of carbonyl (C=O) groups is 1. The van der Waals surface area contributed by atoms with Gasteiger partial charge in [0.05, 0.1) is 0 Å². The molecule has 0 aliphatic rings. The summed E-state index contributed by atoms with van der Waals surface area (Å²) < 4.78 is 25.7. The van der Waals surface area contributed by atoms with Crippen molar-refractivity contribution in [3.05, 3.63) is 35.4 Å². The Balaban J connectivity index is 2.38. The first-order chi connectivity index (χ1) is 9.34. The molecule has 1 aromatic rings. The molecule has 20 heavy (non-hydrogen) atoms. The lowest BCUT2D eigenvalue weighted by Gasteiger charge is -2.23. The van der Waals surface area contributed by atoms with E-state index in [0.29, 0.717) is 18.5 Å². The molecule has 5 heteroatoms. The standard InChI is InChI=1S/C15H22F2N2O/c1-15(2,7-8-18)6-5-14(20)19-10-11-3-4-12(16)13(17)9-11/h3-4,9H,5-8,10,18H2,1-2H3,(H,19,20). The number of carbonyl (C=O) groups excluding carboxylic acids is 1. The van der Waals surface area contributed by atoms with E-state index in [1.54, 1.807) is 0 Å². The van der Waals surface area contributed by atoms with Crippen LogP contribution in [0.15, 0.2) is 18.2 Å². The molecule has 0 heterocycles. The molecule has 0 saturated heterocycles. The summed E-state index contributed by atoms with van der Waals surface area (Å²) in [4.78, 5) is 11.7. The average Bonchev–Trinajstić information content (AvgIpc) is 2.38. The van der Waals surface area contributed by atoms with E-state index in [2.05, 4.69) is 19.2 Å². The second-order valence-electron chi connectivity index (χ2n) is 5.73. The molecule has 112 valence electrons. The molecular weight excluding hydrogens is 262 g/mol. The van der Waals surface area contributed by atoms with Gasteiger partial charge in [-0.25, -0.2) is 8.78 Å². The summed E-state index contributed by atoms with van der Waals surface area (Å²) in [6, 6.07) is 3.60. The van der Waals surface area contributed by atoms with Crippen LogP contribution in [0, 0.1) is 17.0 Å². The zero-order chi connectivity index (χ0) is 15.2. The van der Waals surface area contributed by atoms with E-state index < -0.39 is 11.6 Å². The Kier molecular flexibility index (Phi) is 6.07. The highest BCUT2D eigenvalue weighted by atomic mass is 19.2. The third-order valence-electron chi connectivity index (χ3n) is 3.32. The molecule has 1 aromatic carbocycles. The maximum absolute atomic E-state index is 13.0. The van der Waals surface area contributed by atoms with Crippen LogP contribution in [0.1, 0.15) is 38.7 Å². The van der Waals surface area contributed by atoms with Crippen molar-refractivity contribution >= 4 is 5.91 Å². The van der Waals surface area contributed by atoms with Crippen LogP contribution >= 0.6 is 0 Å². The summed E-state index contributed by atoms with van der Waals surface area (Å²) >= 11 is 0. The van der Waals surface area contributed by atoms with Crippen molar-refractivity contribution in [2.24, 2.45) is 11.1 Å². The number of nitrogens with one attached hydrogen (secondary N) is 1. The van der Waals surface area contributed by atoms with Crippen LogP contribution in [0.4, 0.5) is 8.78 Å². The highest BCUT2D eigenvalue weighted by Gasteiger charge is 2.18. The lowest BCUT2D eigenvalue weighted by atomic mass is 9.84. The summed E-state index contributed by atoms with van der Waals surface area (Å²) in [5, 5.41) is 2.70. The fourth-order valence-corrected chi connectivity index (χ4v) is 1.91. The fourth-order valence-electron chi connectivity index (χ4n) is 1.91. The summed E-state index contributed by atoms with van der Waals surface area (Å²) in [6.45, 7) is 4.95. The van der Waals surface area contributed by atoms with Crippen molar-refractivity contribution in [2.45, 2.75) is 39.7 Å². The first-order valence-electron chi connectivity index (χ1n) is 6.75. The van der Waals surface area contributed by atoms with Crippen molar-refractivity contribution in [1.29, 1.82) is 0 Å². The molecule has 0 unspecified atom stereocenters. The fraction of sp³-hybridized carbons (Fsp3) is 0.533. The topological polar surface area (TPSA) is 55.1 Å². The van der Waals surface area contributed by atoms with Gasteiger partial charge in [-0.3, -0.25) is 4.79 Å². The molecule has 0 fully saturated rings. The summed E-state index contributed by atoms with van der Waals surface area (Å²) in [5.74, 6) is -1.88. The highest BCUT2D eigenvalue weighted by molar-refractivity contribution is 5.75. The van der Waals surface area contributed by atoms with E-state index in [9.17, 15) is 13.6 Å². The normalized spacial score (nSPS) is 11.4. The number of halogens is 2. The van der Waals surface area contributed by atoms with Gasteiger partial charge in [0.15, 0.2) is 11.6 Å². The average molecular weight is 284 g/mol. The van der Waals surface area contributed by atoms with Gasteiger partial charge < -0.3 is 11.1 Å². The molecule has 0 radical (unpaired) electrons. The van der Waals surface area contributed by atoms with Crippen LogP contribution in [0.2, 0.25) is 0 Å². The van der Waals surface area contributed by atoms with Crippen molar-refractivity contribution in [3.63, 3.8) is 0 Å². The van der Waals surface area contributed by atoms with Crippen molar-refractivity contribution < 1.29 is 13.6 Å². The van der Waals surface area contributed by atoms with Crippen molar-refractivity contribution in [1.82, 2.24) is 5.32 Å². The highest BCUT2D eigenvalue weighted by Crippen LogP contribution is 2.25. The van der Waals surface area contributed by atoms with Crippen LogP contribution in [-0.4, -0.2) is 12.5 Å². The number of rotatable bonds is 7. The first-order valence-corrected chi connectivity index (χ1v) is 6.75. The molecular formula is C15H22F2N2O. The third-order valence-corrected chi connectivity index (χ3v) is 3.32. The number of hydrogen-bond donors (Lipinski definition) is 2. The van der Waals surface area contributed by atoms with Gasteiger partial charge in [-0.2, -0.15) is 0 Å².